The summed E-state index contributed by atoms with van der Waals surface area (Å²) in [5, 5.41) is 3.03. The minimum Gasteiger partial charge on any atom is -0.496 e. The van der Waals surface area contributed by atoms with E-state index < -0.39 is 9.84 Å². The highest BCUT2D eigenvalue weighted by Gasteiger charge is 2.31. The quantitative estimate of drug-likeness (QED) is 0.682. The Kier molecular flexibility index (Phi) is 8.22. The summed E-state index contributed by atoms with van der Waals surface area (Å²) in [5.41, 5.74) is 0.208. The molecule has 0 radical (unpaired) electrons. The zero-order valence-electron chi connectivity index (χ0n) is 19.0. The van der Waals surface area contributed by atoms with E-state index in [0.29, 0.717) is 24.4 Å². The van der Waals surface area contributed by atoms with Gasteiger partial charge < -0.3 is 14.8 Å². The Hall–Kier alpha value is -1.80. The van der Waals surface area contributed by atoms with Gasteiger partial charge >= 0.3 is 0 Å². The van der Waals surface area contributed by atoms with Crippen LogP contribution in [-0.4, -0.2) is 64.9 Å². The molecule has 1 aliphatic carbocycles. The van der Waals surface area contributed by atoms with Crippen LogP contribution in [0.4, 0.5) is 0 Å². The molecule has 1 saturated carbocycles. The third-order valence-corrected chi connectivity index (χ3v) is 7.71. The lowest BCUT2D eigenvalue weighted by Crippen LogP contribution is -2.45. The van der Waals surface area contributed by atoms with Crippen molar-refractivity contribution in [3.8, 4) is 11.5 Å². The van der Waals surface area contributed by atoms with Crippen molar-refractivity contribution in [1.82, 2.24) is 10.2 Å². The molecule has 174 valence electrons. The van der Waals surface area contributed by atoms with Crippen molar-refractivity contribution >= 4 is 15.7 Å². The number of hydrogen-bond donors (Lipinski definition) is 1. The second-order valence-corrected chi connectivity index (χ2v) is 10.7. The topological polar surface area (TPSA) is 84.9 Å². The van der Waals surface area contributed by atoms with Crippen molar-refractivity contribution in [3.05, 3.63) is 17.7 Å². The molecule has 1 atom stereocenters. The van der Waals surface area contributed by atoms with Crippen molar-refractivity contribution in [2.45, 2.75) is 74.8 Å². The summed E-state index contributed by atoms with van der Waals surface area (Å²) in [6.07, 6.45) is 12.4. The number of amides is 1. The molecule has 1 saturated heterocycles. The summed E-state index contributed by atoms with van der Waals surface area (Å²) in [7, 11) is -0.702. The maximum atomic E-state index is 13.0. The van der Waals surface area contributed by atoms with Gasteiger partial charge in [0.15, 0.2) is 9.84 Å². The first-order chi connectivity index (χ1) is 14.8. The lowest BCUT2D eigenvalue weighted by molar-refractivity contribution is 0.0921. The fourth-order valence-electron chi connectivity index (χ4n) is 4.97. The molecule has 1 aliphatic heterocycles. The number of carbonyl (C=O) groups is 1. The molecule has 1 amide bonds. The van der Waals surface area contributed by atoms with Crippen LogP contribution < -0.4 is 14.8 Å². The summed E-state index contributed by atoms with van der Waals surface area (Å²) < 4.78 is 34.9. The lowest BCUT2D eigenvalue weighted by atomic mass is 9.95. The molecule has 1 aromatic carbocycles. The number of likely N-dealkylation sites (tertiary alicyclic amines) is 1. The molecule has 0 spiro atoms. The van der Waals surface area contributed by atoms with E-state index in [1.54, 1.807) is 0 Å². The number of nitrogens with zero attached hydrogens (tertiary/aromatic N) is 1. The van der Waals surface area contributed by atoms with E-state index in [1.807, 2.05) is 0 Å². The highest BCUT2D eigenvalue weighted by Crippen LogP contribution is 2.32. The van der Waals surface area contributed by atoms with Crippen molar-refractivity contribution in [3.63, 3.8) is 0 Å². The van der Waals surface area contributed by atoms with Crippen molar-refractivity contribution in [1.29, 1.82) is 0 Å². The average Bonchev–Trinajstić information content (AvgIpc) is 3.18. The molecule has 1 unspecified atom stereocenters. The van der Waals surface area contributed by atoms with Crippen LogP contribution in [0.25, 0.3) is 0 Å². The van der Waals surface area contributed by atoms with Gasteiger partial charge in [0.25, 0.3) is 5.91 Å². The molecule has 0 aromatic heterocycles. The second-order valence-electron chi connectivity index (χ2n) is 8.72. The molecule has 8 heteroatoms. The van der Waals surface area contributed by atoms with E-state index in [1.165, 1.54) is 71.3 Å². The fourth-order valence-corrected chi connectivity index (χ4v) is 5.81. The monoisotopic (exact) mass is 452 g/mol. The fraction of sp³-hybridized carbons (Fsp3) is 0.696. The molecule has 1 aromatic rings. The molecule has 2 aliphatic rings. The van der Waals surface area contributed by atoms with Gasteiger partial charge in [0.05, 0.1) is 19.8 Å². The summed E-state index contributed by atoms with van der Waals surface area (Å²) in [6, 6.07) is 3.75. The lowest BCUT2D eigenvalue weighted by Gasteiger charge is -2.34. The largest absolute Gasteiger partial charge is 0.496 e. The van der Waals surface area contributed by atoms with Crippen LogP contribution in [0.5, 0.6) is 11.5 Å². The minimum atomic E-state index is -3.56. The van der Waals surface area contributed by atoms with Gasteiger partial charge in [0.1, 0.15) is 16.4 Å². The summed E-state index contributed by atoms with van der Waals surface area (Å²) in [6.45, 7) is 1.65. The standard InChI is InChI=1S/C23H36N2O5S/c1-29-20-15-21(30-2)22(31(3,27)28)14-19(20)23(26)24-16-18-12-9-13-25(18)17-10-7-5-4-6-8-11-17/h14-15,17-18H,4-13,16H2,1-3H3,(H,24,26). The van der Waals surface area contributed by atoms with E-state index in [0.717, 1.165) is 25.6 Å². The third-order valence-electron chi connectivity index (χ3n) is 6.59. The highest BCUT2D eigenvalue weighted by molar-refractivity contribution is 7.90. The van der Waals surface area contributed by atoms with Gasteiger partial charge in [-0.15, -0.1) is 0 Å². The third kappa shape index (κ3) is 5.92. The zero-order valence-corrected chi connectivity index (χ0v) is 19.8. The molecule has 1 heterocycles. The molecule has 31 heavy (non-hydrogen) atoms. The second kappa shape index (κ2) is 10.7. The van der Waals surface area contributed by atoms with Gasteiger partial charge in [-0.3, -0.25) is 9.69 Å². The summed E-state index contributed by atoms with van der Waals surface area (Å²) in [4.78, 5) is 15.6. The molecule has 7 nitrogen and oxygen atoms in total. The molecule has 3 rings (SSSR count). The SMILES string of the molecule is COc1cc(OC)c(S(C)(=O)=O)cc1C(=O)NCC1CCCN1C1CCCCCCC1. The van der Waals surface area contributed by atoms with Crippen LogP contribution in [0.15, 0.2) is 17.0 Å². The Morgan fingerprint density at radius 1 is 1.00 bits per heavy atom. The molecule has 2 fully saturated rings. The van der Waals surface area contributed by atoms with E-state index in [9.17, 15) is 13.2 Å². The maximum absolute atomic E-state index is 13.0. The molecular weight excluding hydrogens is 416 g/mol. The number of rotatable bonds is 7. The summed E-state index contributed by atoms with van der Waals surface area (Å²) >= 11 is 0. The van der Waals surface area contributed by atoms with E-state index in [4.69, 9.17) is 9.47 Å². The van der Waals surface area contributed by atoms with Crippen molar-refractivity contribution in [2.75, 3.05) is 33.6 Å². The zero-order chi connectivity index (χ0) is 22.4. The van der Waals surface area contributed by atoms with Gasteiger partial charge in [-0.1, -0.05) is 32.1 Å². The number of sulfone groups is 1. The Morgan fingerprint density at radius 2 is 1.65 bits per heavy atom. The van der Waals surface area contributed by atoms with Crippen LogP contribution in [-0.2, 0) is 9.84 Å². The molecule has 1 N–H and O–H groups in total. The Labute approximate surface area is 186 Å². The number of nitrogens with one attached hydrogen (secondary N) is 1. The normalized spacial score (nSPS) is 21.3. The minimum absolute atomic E-state index is 0.0158. The first-order valence-corrected chi connectivity index (χ1v) is 13.2. The number of benzene rings is 1. The predicted molar refractivity (Wildman–Crippen MR) is 121 cm³/mol. The predicted octanol–water partition coefficient (Wildman–Crippen LogP) is 3.41. The van der Waals surface area contributed by atoms with E-state index in [-0.39, 0.29) is 22.1 Å². The Balaban J connectivity index is 1.72. The van der Waals surface area contributed by atoms with Crippen LogP contribution in [0.1, 0.15) is 68.1 Å². The van der Waals surface area contributed by atoms with Gasteiger partial charge in [0.2, 0.25) is 0 Å². The van der Waals surface area contributed by atoms with Crippen LogP contribution in [0.2, 0.25) is 0 Å². The number of methoxy groups -OCH3 is 2. The van der Waals surface area contributed by atoms with Gasteiger partial charge in [-0.25, -0.2) is 8.42 Å². The van der Waals surface area contributed by atoms with Gasteiger partial charge in [-0.05, 0) is 38.3 Å². The number of carbonyl (C=O) groups excluding carboxylic acids is 1. The van der Waals surface area contributed by atoms with E-state index >= 15 is 0 Å². The smallest absolute Gasteiger partial charge is 0.255 e. The maximum Gasteiger partial charge on any atom is 0.255 e. The van der Waals surface area contributed by atoms with Crippen molar-refractivity contribution in [2.24, 2.45) is 0 Å². The van der Waals surface area contributed by atoms with E-state index in [2.05, 4.69) is 10.2 Å². The number of ether oxygens (including phenoxy) is 2. The van der Waals surface area contributed by atoms with Gasteiger partial charge in [-0.2, -0.15) is 0 Å². The first kappa shape index (κ1) is 23.9. The van der Waals surface area contributed by atoms with Crippen molar-refractivity contribution < 1.29 is 22.7 Å². The number of hydrogen-bond acceptors (Lipinski definition) is 6. The summed E-state index contributed by atoms with van der Waals surface area (Å²) in [5.74, 6) is 0.140. The Morgan fingerprint density at radius 3 is 2.26 bits per heavy atom. The highest BCUT2D eigenvalue weighted by atomic mass is 32.2. The van der Waals surface area contributed by atoms with Gasteiger partial charge in [0, 0.05) is 31.0 Å². The van der Waals surface area contributed by atoms with Crippen LogP contribution >= 0.6 is 0 Å². The molecule has 0 bridgehead atoms. The first-order valence-electron chi connectivity index (χ1n) is 11.3. The van der Waals surface area contributed by atoms with Crippen LogP contribution in [0.3, 0.4) is 0 Å². The average molecular weight is 453 g/mol. The molecular formula is C23H36N2O5S. The Bertz CT molecular complexity index is 863. The van der Waals surface area contributed by atoms with Crippen LogP contribution in [0, 0.1) is 0 Å².